The van der Waals surface area contributed by atoms with E-state index in [9.17, 15) is 14.7 Å². The molecule has 0 saturated carbocycles. The van der Waals surface area contributed by atoms with E-state index in [2.05, 4.69) is 12.1 Å². The molecule has 1 aliphatic heterocycles. The first-order chi connectivity index (χ1) is 14.7. The van der Waals surface area contributed by atoms with Gasteiger partial charge < -0.3 is 19.5 Å². The Morgan fingerprint density at radius 1 is 1.13 bits per heavy atom. The van der Waals surface area contributed by atoms with Crippen molar-refractivity contribution in [2.75, 3.05) is 13.1 Å². The van der Waals surface area contributed by atoms with E-state index in [0.717, 1.165) is 30.4 Å². The van der Waals surface area contributed by atoms with Gasteiger partial charge in [-0.25, -0.2) is 9.59 Å². The van der Waals surface area contributed by atoms with Crippen molar-refractivity contribution in [2.24, 2.45) is 5.92 Å². The number of hydrogen-bond acceptors (Lipinski definition) is 4. The number of hydrogen-bond donors (Lipinski definition) is 1. The third kappa shape index (κ3) is 5.78. The second-order valence-corrected chi connectivity index (χ2v) is 8.80. The van der Waals surface area contributed by atoms with Crippen LogP contribution < -0.4 is 9.47 Å². The van der Waals surface area contributed by atoms with Crippen LogP contribution in [0, 0.1) is 19.8 Å². The molecule has 2 aromatic carbocycles. The standard InChI is InChI=1S/C25H31NO5/c1-17-14-20(15-18(2)22(17)31-25(3,4)23(27)28)11-10-19-12-13-26(16-19)24(29)30-21-8-6-5-7-9-21/h5-9,14-15,19H,10-13,16H2,1-4H3,(H,27,28). The molecule has 1 aliphatic rings. The number of para-hydroxylation sites is 1. The lowest BCUT2D eigenvalue weighted by atomic mass is 9.96. The van der Waals surface area contributed by atoms with Gasteiger partial charge in [0.1, 0.15) is 11.5 Å². The Kier molecular flexibility index (Phi) is 6.88. The van der Waals surface area contributed by atoms with Gasteiger partial charge in [0.15, 0.2) is 5.60 Å². The molecule has 1 saturated heterocycles. The Labute approximate surface area is 183 Å². The molecule has 0 aromatic heterocycles. The van der Waals surface area contributed by atoms with Crippen LogP contribution in [0.5, 0.6) is 11.5 Å². The summed E-state index contributed by atoms with van der Waals surface area (Å²) in [4.78, 5) is 25.5. The van der Waals surface area contributed by atoms with Crippen molar-refractivity contribution < 1.29 is 24.2 Å². The molecule has 2 aromatic rings. The number of carbonyl (C=O) groups excluding carboxylic acids is 1. The lowest BCUT2D eigenvalue weighted by molar-refractivity contribution is -0.152. The predicted octanol–water partition coefficient (Wildman–Crippen LogP) is 5.00. The number of benzene rings is 2. The quantitative estimate of drug-likeness (QED) is 0.676. The van der Waals surface area contributed by atoms with Gasteiger partial charge in [0, 0.05) is 13.1 Å². The fraction of sp³-hybridized carbons (Fsp3) is 0.440. The summed E-state index contributed by atoms with van der Waals surface area (Å²) < 4.78 is 11.2. The highest BCUT2D eigenvalue weighted by Crippen LogP contribution is 2.30. The maximum absolute atomic E-state index is 12.4. The van der Waals surface area contributed by atoms with Gasteiger partial charge in [-0.1, -0.05) is 30.3 Å². The van der Waals surface area contributed by atoms with E-state index in [1.54, 1.807) is 30.9 Å². The minimum atomic E-state index is -1.28. The van der Waals surface area contributed by atoms with Crippen molar-refractivity contribution in [3.05, 3.63) is 59.2 Å². The highest BCUT2D eigenvalue weighted by atomic mass is 16.6. The highest BCUT2D eigenvalue weighted by molar-refractivity contribution is 5.77. The van der Waals surface area contributed by atoms with E-state index >= 15 is 0 Å². The van der Waals surface area contributed by atoms with Gasteiger partial charge >= 0.3 is 12.1 Å². The molecule has 0 radical (unpaired) electrons. The number of aryl methyl sites for hydroxylation is 3. The smallest absolute Gasteiger partial charge is 0.415 e. The van der Waals surface area contributed by atoms with Gasteiger partial charge in [0.25, 0.3) is 0 Å². The highest BCUT2D eigenvalue weighted by Gasteiger charge is 2.31. The molecule has 1 amide bonds. The third-order valence-electron chi connectivity index (χ3n) is 5.73. The van der Waals surface area contributed by atoms with E-state index in [1.807, 2.05) is 32.0 Å². The Morgan fingerprint density at radius 3 is 2.39 bits per heavy atom. The fourth-order valence-electron chi connectivity index (χ4n) is 3.90. The minimum Gasteiger partial charge on any atom is -0.478 e. The summed E-state index contributed by atoms with van der Waals surface area (Å²) in [6.45, 7) is 8.41. The average molecular weight is 426 g/mol. The molecule has 1 atom stereocenters. The number of aliphatic carboxylic acids is 1. The van der Waals surface area contributed by atoms with Crippen LogP contribution in [0.1, 0.15) is 43.4 Å². The largest absolute Gasteiger partial charge is 0.478 e. The van der Waals surface area contributed by atoms with E-state index in [0.29, 0.717) is 30.5 Å². The summed E-state index contributed by atoms with van der Waals surface area (Å²) in [6, 6.07) is 13.3. The molecular weight excluding hydrogens is 394 g/mol. The molecule has 6 heteroatoms. The van der Waals surface area contributed by atoms with Gasteiger partial charge in [-0.05, 0) is 81.7 Å². The second-order valence-electron chi connectivity index (χ2n) is 8.80. The molecule has 1 N–H and O–H groups in total. The molecule has 0 spiro atoms. The fourth-order valence-corrected chi connectivity index (χ4v) is 3.90. The number of ether oxygens (including phenoxy) is 2. The van der Waals surface area contributed by atoms with Gasteiger partial charge in [-0.15, -0.1) is 0 Å². The van der Waals surface area contributed by atoms with Gasteiger partial charge in [-0.2, -0.15) is 0 Å². The van der Waals surface area contributed by atoms with Crippen molar-refractivity contribution in [1.29, 1.82) is 0 Å². The number of carboxylic acid groups (broad SMARTS) is 1. The number of carboxylic acids is 1. The Balaban J connectivity index is 1.54. The number of likely N-dealkylation sites (tertiary alicyclic amines) is 1. The molecule has 1 unspecified atom stereocenters. The maximum Gasteiger partial charge on any atom is 0.415 e. The summed E-state index contributed by atoms with van der Waals surface area (Å²) in [5.74, 6) is 0.639. The average Bonchev–Trinajstić information content (AvgIpc) is 3.19. The summed E-state index contributed by atoms with van der Waals surface area (Å²) in [7, 11) is 0. The lowest BCUT2D eigenvalue weighted by Gasteiger charge is -2.24. The molecule has 1 heterocycles. The van der Waals surface area contributed by atoms with Crippen LogP contribution in [0.25, 0.3) is 0 Å². The minimum absolute atomic E-state index is 0.289. The zero-order chi connectivity index (χ0) is 22.6. The van der Waals surface area contributed by atoms with E-state index < -0.39 is 11.6 Å². The Hall–Kier alpha value is -3.02. The lowest BCUT2D eigenvalue weighted by Crippen LogP contribution is -2.38. The van der Waals surface area contributed by atoms with Crippen LogP contribution in [-0.4, -0.2) is 40.8 Å². The normalized spacial score (nSPS) is 16.3. The van der Waals surface area contributed by atoms with Crippen molar-refractivity contribution >= 4 is 12.1 Å². The van der Waals surface area contributed by atoms with Crippen LogP contribution in [-0.2, 0) is 11.2 Å². The third-order valence-corrected chi connectivity index (χ3v) is 5.73. The van der Waals surface area contributed by atoms with Crippen LogP contribution >= 0.6 is 0 Å². The molecule has 1 fully saturated rings. The predicted molar refractivity (Wildman–Crippen MR) is 119 cm³/mol. The Morgan fingerprint density at radius 2 is 1.77 bits per heavy atom. The SMILES string of the molecule is Cc1cc(CCC2CCN(C(=O)Oc3ccccc3)C2)cc(C)c1OC(C)(C)C(=O)O. The monoisotopic (exact) mass is 425 g/mol. The van der Waals surface area contributed by atoms with E-state index in [-0.39, 0.29) is 6.09 Å². The van der Waals surface area contributed by atoms with Crippen LogP contribution in [0.15, 0.2) is 42.5 Å². The zero-order valence-corrected chi connectivity index (χ0v) is 18.7. The first-order valence-corrected chi connectivity index (χ1v) is 10.7. The second kappa shape index (κ2) is 9.41. The van der Waals surface area contributed by atoms with Crippen molar-refractivity contribution in [3.8, 4) is 11.5 Å². The summed E-state index contributed by atoms with van der Waals surface area (Å²) in [5.41, 5.74) is 1.78. The van der Waals surface area contributed by atoms with Crippen molar-refractivity contribution in [3.63, 3.8) is 0 Å². The molecule has 31 heavy (non-hydrogen) atoms. The number of amides is 1. The summed E-state index contributed by atoms with van der Waals surface area (Å²) >= 11 is 0. The molecule has 6 nitrogen and oxygen atoms in total. The van der Waals surface area contributed by atoms with Crippen LogP contribution in [0.2, 0.25) is 0 Å². The number of rotatable bonds is 7. The molecule has 166 valence electrons. The van der Waals surface area contributed by atoms with Gasteiger partial charge in [0.05, 0.1) is 0 Å². The maximum atomic E-state index is 12.4. The molecule has 0 aliphatic carbocycles. The van der Waals surface area contributed by atoms with E-state index in [4.69, 9.17) is 9.47 Å². The van der Waals surface area contributed by atoms with Gasteiger partial charge in [-0.3, -0.25) is 0 Å². The summed E-state index contributed by atoms with van der Waals surface area (Å²) in [6.07, 6.45) is 2.56. The number of nitrogens with zero attached hydrogens (tertiary/aromatic N) is 1. The molecular formula is C25H31NO5. The topological polar surface area (TPSA) is 76.1 Å². The summed E-state index contributed by atoms with van der Waals surface area (Å²) in [5, 5.41) is 9.33. The van der Waals surface area contributed by atoms with Gasteiger partial charge in [0.2, 0.25) is 0 Å². The number of carbonyl (C=O) groups is 2. The first-order valence-electron chi connectivity index (χ1n) is 10.7. The van der Waals surface area contributed by atoms with E-state index in [1.165, 1.54) is 5.56 Å². The van der Waals surface area contributed by atoms with Crippen LogP contribution in [0.4, 0.5) is 4.79 Å². The first kappa shape index (κ1) is 22.7. The van der Waals surface area contributed by atoms with Crippen LogP contribution in [0.3, 0.4) is 0 Å². The zero-order valence-electron chi connectivity index (χ0n) is 18.7. The Bertz CT molecular complexity index is 915. The molecule has 3 rings (SSSR count). The van der Waals surface area contributed by atoms with Crippen molar-refractivity contribution in [2.45, 2.75) is 52.6 Å². The molecule has 0 bridgehead atoms. The van der Waals surface area contributed by atoms with Crippen molar-refractivity contribution in [1.82, 2.24) is 4.90 Å².